The zero-order valence-corrected chi connectivity index (χ0v) is 16.2. The molecule has 1 aliphatic heterocycles. The molecule has 1 saturated heterocycles. The smallest absolute Gasteiger partial charge is 0.218 e. The van der Waals surface area contributed by atoms with Crippen LogP contribution in [0, 0.1) is 13.8 Å². The summed E-state index contributed by atoms with van der Waals surface area (Å²) < 4.78 is 33.2. The van der Waals surface area contributed by atoms with Crippen molar-refractivity contribution in [3.05, 3.63) is 51.3 Å². The average molecular weight is 413 g/mol. The maximum absolute atomic E-state index is 12.7. The number of hydrogen-bond donors (Lipinski definition) is 0. The SMILES string of the molecule is Cc1ccc(Br)c(CS(=O)(=O)N2CCC(c3cc(C)no3)CC2)c1. The van der Waals surface area contributed by atoms with Gasteiger partial charge in [0.15, 0.2) is 0 Å². The standard InChI is InChI=1S/C17H21BrN2O3S/c1-12-3-4-16(18)15(9-12)11-24(21,22)20-7-5-14(6-8-20)17-10-13(2)19-23-17/h3-4,9-10,14H,5-8,11H2,1-2H3. The highest BCUT2D eigenvalue weighted by molar-refractivity contribution is 9.10. The molecule has 1 aromatic carbocycles. The van der Waals surface area contributed by atoms with E-state index in [0.29, 0.717) is 13.1 Å². The monoisotopic (exact) mass is 412 g/mol. The van der Waals surface area contributed by atoms with E-state index in [9.17, 15) is 8.42 Å². The van der Waals surface area contributed by atoms with Crippen molar-refractivity contribution < 1.29 is 12.9 Å². The second kappa shape index (κ2) is 6.98. The van der Waals surface area contributed by atoms with E-state index in [1.807, 2.05) is 38.1 Å². The van der Waals surface area contributed by atoms with Crippen LogP contribution < -0.4 is 0 Å². The summed E-state index contributed by atoms with van der Waals surface area (Å²) in [6.07, 6.45) is 1.53. The van der Waals surface area contributed by atoms with Gasteiger partial charge in [0.1, 0.15) is 5.76 Å². The van der Waals surface area contributed by atoms with Gasteiger partial charge in [0, 0.05) is 29.5 Å². The Labute approximate surface area is 151 Å². The van der Waals surface area contributed by atoms with Crippen LogP contribution in [0.25, 0.3) is 0 Å². The van der Waals surface area contributed by atoms with Crippen molar-refractivity contribution in [3.63, 3.8) is 0 Å². The molecule has 5 nitrogen and oxygen atoms in total. The van der Waals surface area contributed by atoms with Gasteiger partial charge in [-0.1, -0.05) is 38.8 Å². The number of benzene rings is 1. The van der Waals surface area contributed by atoms with Crippen molar-refractivity contribution in [1.82, 2.24) is 9.46 Å². The Hall–Kier alpha value is -1.18. The van der Waals surface area contributed by atoms with Crippen LogP contribution in [-0.2, 0) is 15.8 Å². The van der Waals surface area contributed by atoms with Crippen LogP contribution in [0.1, 0.15) is 41.3 Å². The molecule has 7 heteroatoms. The van der Waals surface area contributed by atoms with Crippen molar-refractivity contribution in [2.24, 2.45) is 0 Å². The quantitative estimate of drug-likeness (QED) is 0.766. The van der Waals surface area contributed by atoms with Gasteiger partial charge in [-0.05, 0) is 38.3 Å². The molecule has 2 aromatic rings. The number of halogens is 1. The Kier molecular flexibility index (Phi) is 5.13. The van der Waals surface area contributed by atoms with E-state index >= 15 is 0 Å². The maximum atomic E-state index is 12.7. The summed E-state index contributed by atoms with van der Waals surface area (Å²) in [5.74, 6) is 1.15. The van der Waals surface area contributed by atoms with Crippen LogP contribution in [0.15, 0.2) is 33.3 Å². The van der Waals surface area contributed by atoms with E-state index in [-0.39, 0.29) is 11.7 Å². The molecule has 0 bridgehead atoms. The van der Waals surface area contributed by atoms with Gasteiger partial charge >= 0.3 is 0 Å². The third-order valence-electron chi connectivity index (χ3n) is 4.43. The Morgan fingerprint density at radius 3 is 2.58 bits per heavy atom. The molecule has 0 saturated carbocycles. The van der Waals surface area contributed by atoms with Gasteiger partial charge < -0.3 is 4.52 Å². The fourth-order valence-corrected chi connectivity index (χ4v) is 5.25. The van der Waals surface area contributed by atoms with Gasteiger partial charge in [0.05, 0.1) is 11.4 Å². The minimum Gasteiger partial charge on any atom is -0.361 e. The summed E-state index contributed by atoms with van der Waals surface area (Å²) in [7, 11) is -3.32. The molecule has 130 valence electrons. The summed E-state index contributed by atoms with van der Waals surface area (Å²) >= 11 is 3.45. The first-order valence-corrected chi connectivity index (χ1v) is 10.4. The number of sulfonamides is 1. The van der Waals surface area contributed by atoms with Gasteiger partial charge in [0.2, 0.25) is 10.0 Å². The molecule has 2 heterocycles. The summed E-state index contributed by atoms with van der Waals surface area (Å²) in [5.41, 5.74) is 2.73. The average Bonchev–Trinajstić information content (AvgIpc) is 2.97. The molecule has 1 aliphatic rings. The summed E-state index contributed by atoms with van der Waals surface area (Å²) in [6, 6.07) is 7.73. The highest BCUT2D eigenvalue weighted by atomic mass is 79.9. The number of nitrogens with zero attached hydrogens (tertiary/aromatic N) is 2. The molecule has 0 atom stereocenters. The normalized spacial score (nSPS) is 17.3. The number of rotatable bonds is 4. The Balaban J connectivity index is 1.67. The molecule has 0 unspecified atom stereocenters. The van der Waals surface area contributed by atoms with E-state index in [4.69, 9.17) is 4.52 Å². The van der Waals surface area contributed by atoms with E-state index < -0.39 is 10.0 Å². The maximum Gasteiger partial charge on any atom is 0.218 e. The highest BCUT2D eigenvalue weighted by Crippen LogP contribution is 2.31. The third kappa shape index (κ3) is 3.90. The minimum absolute atomic E-state index is 0.0291. The van der Waals surface area contributed by atoms with E-state index in [1.165, 1.54) is 0 Å². The van der Waals surface area contributed by atoms with Crippen LogP contribution in [0.4, 0.5) is 0 Å². The molecule has 3 rings (SSSR count). The van der Waals surface area contributed by atoms with Gasteiger partial charge in [-0.3, -0.25) is 0 Å². The van der Waals surface area contributed by atoms with Crippen LogP contribution in [0.3, 0.4) is 0 Å². The van der Waals surface area contributed by atoms with Crippen molar-refractivity contribution in [3.8, 4) is 0 Å². The fraction of sp³-hybridized carbons (Fsp3) is 0.471. The molecule has 0 amide bonds. The largest absolute Gasteiger partial charge is 0.361 e. The van der Waals surface area contributed by atoms with Crippen molar-refractivity contribution in [2.45, 2.75) is 38.4 Å². The summed E-state index contributed by atoms with van der Waals surface area (Å²) in [4.78, 5) is 0. The zero-order chi connectivity index (χ0) is 17.3. The van der Waals surface area contributed by atoms with Crippen LogP contribution in [-0.4, -0.2) is 31.0 Å². The molecule has 0 aliphatic carbocycles. The van der Waals surface area contributed by atoms with Crippen molar-refractivity contribution in [1.29, 1.82) is 0 Å². The highest BCUT2D eigenvalue weighted by Gasteiger charge is 2.30. The Morgan fingerprint density at radius 1 is 1.25 bits per heavy atom. The summed E-state index contributed by atoms with van der Waals surface area (Å²) in [6.45, 7) is 4.91. The lowest BCUT2D eigenvalue weighted by Crippen LogP contribution is -2.38. The second-order valence-electron chi connectivity index (χ2n) is 6.40. The molecular weight excluding hydrogens is 392 g/mol. The predicted octanol–water partition coefficient (Wildman–Crippen LogP) is 3.76. The Bertz CT molecular complexity index is 824. The van der Waals surface area contributed by atoms with Crippen molar-refractivity contribution in [2.75, 3.05) is 13.1 Å². The minimum atomic E-state index is -3.32. The van der Waals surface area contributed by atoms with Gasteiger partial charge in [-0.25, -0.2) is 12.7 Å². The molecule has 1 aromatic heterocycles. The molecule has 0 radical (unpaired) electrons. The topological polar surface area (TPSA) is 63.4 Å². The van der Waals surface area contributed by atoms with Crippen LogP contribution in [0.5, 0.6) is 0 Å². The van der Waals surface area contributed by atoms with Gasteiger partial charge in [-0.15, -0.1) is 0 Å². The lowest BCUT2D eigenvalue weighted by molar-refractivity contribution is 0.275. The fourth-order valence-electron chi connectivity index (χ4n) is 3.10. The lowest BCUT2D eigenvalue weighted by atomic mass is 9.95. The van der Waals surface area contributed by atoms with Crippen LogP contribution in [0.2, 0.25) is 0 Å². The van der Waals surface area contributed by atoms with Crippen LogP contribution >= 0.6 is 15.9 Å². The number of aromatic nitrogens is 1. The molecule has 0 N–H and O–H groups in total. The molecule has 1 fully saturated rings. The number of hydrogen-bond acceptors (Lipinski definition) is 4. The molecular formula is C17H21BrN2O3S. The van der Waals surface area contributed by atoms with Gasteiger partial charge in [0.25, 0.3) is 0 Å². The third-order valence-corrected chi connectivity index (χ3v) is 7.04. The lowest BCUT2D eigenvalue weighted by Gasteiger charge is -2.30. The second-order valence-corrected chi connectivity index (χ2v) is 9.22. The van der Waals surface area contributed by atoms with E-state index in [1.54, 1.807) is 4.31 Å². The first-order valence-electron chi connectivity index (χ1n) is 8.01. The van der Waals surface area contributed by atoms with E-state index in [0.717, 1.165) is 39.9 Å². The van der Waals surface area contributed by atoms with Crippen molar-refractivity contribution >= 4 is 26.0 Å². The zero-order valence-electron chi connectivity index (χ0n) is 13.8. The predicted molar refractivity (Wildman–Crippen MR) is 96.3 cm³/mol. The first-order chi connectivity index (χ1) is 11.3. The van der Waals surface area contributed by atoms with E-state index in [2.05, 4.69) is 21.1 Å². The molecule has 24 heavy (non-hydrogen) atoms. The Morgan fingerprint density at radius 2 is 1.96 bits per heavy atom. The molecule has 0 spiro atoms. The first kappa shape index (κ1) is 17.6. The van der Waals surface area contributed by atoms with Gasteiger partial charge in [-0.2, -0.15) is 0 Å². The number of piperidine rings is 1. The number of aryl methyl sites for hydroxylation is 2. The summed E-state index contributed by atoms with van der Waals surface area (Å²) in [5, 5.41) is 3.92.